The quantitative estimate of drug-likeness (QED) is 0.716. The van der Waals surface area contributed by atoms with Crippen LogP contribution in [0, 0.1) is 5.82 Å². The minimum absolute atomic E-state index is 0.0435. The van der Waals surface area contributed by atoms with Crippen LogP contribution in [-0.4, -0.2) is 54.0 Å². The first-order chi connectivity index (χ1) is 13.1. The van der Waals surface area contributed by atoms with Crippen molar-refractivity contribution < 1.29 is 18.7 Å². The highest BCUT2D eigenvalue weighted by atomic mass is 19.1. The van der Waals surface area contributed by atoms with Crippen molar-refractivity contribution in [2.45, 2.75) is 63.6 Å². The van der Waals surface area contributed by atoms with Gasteiger partial charge < -0.3 is 9.64 Å². The third-order valence-corrected chi connectivity index (χ3v) is 5.78. The molecule has 5 nitrogen and oxygen atoms in total. The van der Waals surface area contributed by atoms with Crippen LogP contribution < -0.4 is 0 Å². The Balaban J connectivity index is 1.71. The van der Waals surface area contributed by atoms with Gasteiger partial charge in [-0.2, -0.15) is 0 Å². The van der Waals surface area contributed by atoms with E-state index < -0.39 is 0 Å². The van der Waals surface area contributed by atoms with E-state index in [9.17, 15) is 14.0 Å². The molecular formula is C21H29FN2O3. The molecule has 0 bridgehead atoms. The van der Waals surface area contributed by atoms with Crippen molar-refractivity contribution in [1.29, 1.82) is 0 Å². The zero-order valence-corrected chi connectivity index (χ0v) is 16.0. The number of amides is 1. The lowest BCUT2D eigenvalue weighted by Crippen LogP contribution is -2.48. The SMILES string of the molecule is COC(=O)C1CCCN1CC(=O)N(Cc1ccc(F)cc1)C1CCCCC1. The van der Waals surface area contributed by atoms with Crippen LogP contribution >= 0.6 is 0 Å². The highest BCUT2D eigenvalue weighted by Crippen LogP contribution is 2.26. The summed E-state index contributed by atoms with van der Waals surface area (Å²) in [6.45, 7) is 1.46. The molecule has 0 N–H and O–H groups in total. The first-order valence-corrected chi connectivity index (χ1v) is 9.94. The van der Waals surface area contributed by atoms with E-state index in [1.807, 2.05) is 9.80 Å². The lowest BCUT2D eigenvalue weighted by Gasteiger charge is -2.36. The lowest BCUT2D eigenvalue weighted by atomic mass is 9.93. The van der Waals surface area contributed by atoms with Gasteiger partial charge in [0.25, 0.3) is 0 Å². The predicted octanol–water partition coefficient (Wildman–Crippen LogP) is 3.12. The molecule has 1 atom stereocenters. The minimum atomic E-state index is -0.321. The average molecular weight is 376 g/mol. The number of carbonyl (C=O) groups excluding carboxylic acids is 2. The molecule has 27 heavy (non-hydrogen) atoms. The number of nitrogens with zero attached hydrogens (tertiary/aromatic N) is 2. The van der Waals surface area contributed by atoms with E-state index in [4.69, 9.17) is 4.74 Å². The summed E-state index contributed by atoms with van der Waals surface area (Å²) in [6, 6.07) is 6.25. The molecule has 1 unspecified atom stereocenters. The van der Waals surface area contributed by atoms with Gasteiger partial charge in [-0.25, -0.2) is 4.39 Å². The number of methoxy groups -OCH3 is 1. The van der Waals surface area contributed by atoms with E-state index >= 15 is 0 Å². The van der Waals surface area contributed by atoms with Gasteiger partial charge in [0.1, 0.15) is 11.9 Å². The number of rotatable bonds is 6. The molecule has 1 aromatic carbocycles. The fourth-order valence-electron chi connectivity index (χ4n) is 4.28. The summed E-state index contributed by atoms with van der Waals surface area (Å²) >= 11 is 0. The van der Waals surface area contributed by atoms with Crippen LogP contribution in [0.15, 0.2) is 24.3 Å². The highest BCUT2D eigenvalue weighted by molar-refractivity contribution is 5.81. The van der Waals surface area contributed by atoms with Gasteiger partial charge in [0.15, 0.2) is 0 Å². The second-order valence-corrected chi connectivity index (χ2v) is 7.59. The van der Waals surface area contributed by atoms with Crippen molar-refractivity contribution in [2.24, 2.45) is 0 Å². The topological polar surface area (TPSA) is 49.9 Å². The van der Waals surface area contributed by atoms with E-state index in [0.29, 0.717) is 6.54 Å². The summed E-state index contributed by atoms with van der Waals surface area (Å²) in [5.41, 5.74) is 0.932. The number of likely N-dealkylation sites (tertiary alicyclic amines) is 1. The Morgan fingerprint density at radius 2 is 1.81 bits per heavy atom. The smallest absolute Gasteiger partial charge is 0.323 e. The Bertz CT molecular complexity index is 643. The van der Waals surface area contributed by atoms with Crippen molar-refractivity contribution in [1.82, 2.24) is 9.80 Å². The molecule has 2 aliphatic rings. The van der Waals surface area contributed by atoms with E-state index in [2.05, 4.69) is 0 Å². The second-order valence-electron chi connectivity index (χ2n) is 7.59. The van der Waals surface area contributed by atoms with Gasteiger partial charge in [-0.1, -0.05) is 31.4 Å². The summed E-state index contributed by atoms with van der Waals surface area (Å²) in [6.07, 6.45) is 7.13. The van der Waals surface area contributed by atoms with Crippen LogP contribution in [0.25, 0.3) is 0 Å². The average Bonchev–Trinajstić information content (AvgIpc) is 3.15. The van der Waals surface area contributed by atoms with Crippen LogP contribution in [0.2, 0.25) is 0 Å². The fraction of sp³-hybridized carbons (Fsp3) is 0.619. The van der Waals surface area contributed by atoms with Gasteiger partial charge in [-0.3, -0.25) is 14.5 Å². The van der Waals surface area contributed by atoms with Crippen molar-refractivity contribution >= 4 is 11.9 Å². The third-order valence-electron chi connectivity index (χ3n) is 5.78. The van der Waals surface area contributed by atoms with Crippen LogP contribution in [0.4, 0.5) is 4.39 Å². The zero-order valence-electron chi connectivity index (χ0n) is 16.0. The second kappa shape index (κ2) is 9.31. The number of halogens is 1. The molecular weight excluding hydrogens is 347 g/mol. The first kappa shape index (κ1) is 19.8. The highest BCUT2D eigenvalue weighted by Gasteiger charge is 2.35. The van der Waals surface area contributed by atoms with Crippen molar-refractivity contribution in [3.8, 4) is 0 Å². The normalized spacial score (nSPS) is 21.2. The number of carbonyl (C=O) groups is 2. The predicted molar refractivity (Wildman–Crippen MR) is 100 cm³/mol. The van der Waals surface area contributed by atoms with Crippen LogP contribution in [-0.2, 0) is 20.9 Å². The number of benzene rings is 1. The maximum absolute atomic E-state index is 13.2. The van der Waals surface area contributed by atoms with E-state index in [0.717, 1.165) is 50.6 Å². The van der Waals surface area contributed by atoms with Crippen LogP contribution in [0.1, 0.15) is 50.5 Å². The molecule has 1 saturated heterocycles. The molecule has 0 aromatic heterocycles. The van der Waals surface area contributed by atoms with Crippen LogP contribution in [0.3, 0.4) is 0 Å². The third kappa shape index (κ3) is 5.06. The minimum Gasteiger partial charge on any atom is -0.468 e. The van der Waals surface area contributed by atoms with Gasteiger partial charge >= 0.3 is 5.97 Å². The lowest BCUT2D eigenvalue weighted by molar-refractivity contribution is -0.147. The molecule has 2 fully saturated rings. The number of hydrogen-bond acceptors (Lipinski definition) is 4. The Hall–Kier alpha value is -1.95. The number of ether oxygens (including phenoxy) is 1. The van der Waals surface area contributed by atoms with Gasteiger partial charge in [0, 0.05) is 12.6 Å². The largest absolute Gasteiger partial charge is 0.468 e. The standard InChI is InChI=1S/C21H29FN2O3/c1-27-21(26)19-8-5-13-23(19)15-20(25)24(18-6-3-2-4-7-18)14-16-9-11-17(22)12-10-16/h9-12,18-19H,2-8,13-15H2,1H3. The summed E-state index contributed by atoms with van der Waals surface area (Å²) in [4.78, 5) is 29.0. The molecule has 1 aliphatic carbocycles. The molecule has 1 aromatic rings. The van der Waals surface area contributed by atoms with Gasteiger partial charge in [-0.05, 0) is 49.9 Å². The van der Waals surface area contributed by atoms with Crippen LogP contribution in [0.5, 0.6) is 0 Å². The number of hydrogen-bond donors (Lipinski definition) is 0. The summed E-state index contributed by atoms with van der Waals surface area (Å²) in [5.74, 6) is -0.489. The van der Waals surface area contributed by atoms with E-state index in [1.54, 1.807) is 12.1 Å². The Morgan fingerprint density at radius 1 is 1.11 bits per heavy atom. The fourth-order valence-corrected chi connectivity index (χ4v) is 4.28. The van der Waals surface area contributed by atoms with Crippen molar-refractivity contribution in [2.75, 3.05) is 20.2 Å². The maximum atomic E-state index is 13.2. The molecule has 0 spiro atoms. The molecule has 1 saturated carbocycles. The van der Waals surface area contributed by atoms with Crippen molar-refractivity contribution in [3.05, 3.63) is 35.6 Å². The molecule has 148 valence electrons. The summed E-state index contributed by atoms with van der Waals surface area (Å²) in [5, 5.41) is 0. The molecule has 1 heterocycles. The van der Waals surface area contributed by atoms with E-state index in [-0.39, 0.29) is 36.3 Å². The molecule has 0 radical (unpaired) electrons. The zero-order chi connectivity index (χ0) is 19.2. The summed E-state index contributed by atoms with van der Waals surface area (Å²) in [7, 11) is 1.39. The Morgan fingerprint density at radius 3 is 2.48 bits per heavy atom. The monoisotopic (exact) mass is 376 g/mol. The van der Waals surface area contributed by atoms with Crippen molar-refractivity contribution in [3.63, 3.8) is 0 Å². The Kier molecular flexibility index (Phi) is 6.83. The van der Waals surface area contributed by atoms with Gasteiger partial charge in [-0.15, -0.1) is 0 Å². The molecule has 1 amide bonds. The van der Waals surface area contributed by atoms with Gasteiger partial charge in [0.2, 0.25) is 5.91 Å². The Labute approximate surface area is 160 Å². The molecule has 1 aliphatic heterocycles. The molecule has 6 heteroatoms. The summed E-state index contributed by atoms with van der Waals surface area (Å²) < 4.78 is 18.1. The maximum Gasteiger partial charge on any atom is 0.323 e. The molecule has 3 rings (SSSR count). The first-order valence-electron chi connectivity index (χ1n) is 9.94. The van der Waals surface area contributed by atoms with E-state index in [1.165, 1.54) is 25.7 Å². The number of esters is 1. The van der Waals surface area contributed by atoms with Gasteiger partial charge in [0.05, 0.1) is 13.7 Å².